The van der Waals surface area contributed by atoms with Crippen LogP contribution in [0.15, 0.2) is 23.1 Å². The summed E-state index contributed by atoms with van der Waals surface area (Å²) in [7, 11) is 0. The van der Waals surface area contributed by atoms with Crippen molar-refractivity contribution in [1.82, 2.24) is 5.32 Å². The number of halogens is 1. The van der Waals surface area contributed by atoms with Gasteiger partial charge in [0.2, 0.25) is 0 Å². The Morgan fingerprint density at radius 3 is 2.76 bits per heavy atom. The van der Waals surface area contributed by atoms with Gasteiger partial charge in [0.1, 0.15) is 0 Å². The fourth-order valence-electron chi connectivity index (χ4n) is 1.76. The first-order valence-electron chi connectivity index (χ1n) is 6.07. The Bertz CT molecular complexity index is 404. The zero-order chi connectivity index (χ0) is 11.7. The SMILES string of the molecule is Clc1cc(CNC2CC2)ccc1SC1COC1. The average molecular weight is 270 g/mol. The van der Waals surface area contributed by atoms with Gasteiger partial charge in [-0.2, -0.15) is 0 Å². The molecule has 2 aliphatic rings. The van der Waals surface area contributed by atoms with E-state index in [0.717, 1.165) is 30.8 Å². The van der Waals surface area contributed by atoms with Gasteiger partial charge >= 0.3 is 0 Å². The number of thioether (sulfide) groups is 1. The van der Waals surface area contributed by atoms with E-state index in [1.54, 1.807) is 0 Å². The molecule has 1 aliphatic carbocycles. The number of ether oxygens (including phenoxy) is 1. The first kappa shape index (κ1) is 11.8. The van der Waals surface area contributed by atoms with Gasteiger partial charge in [0.15, 0.2) is 0 Å². The van der Waals surface area contributed by atoms with E-state index in [1.165, 1.54) is 23.3 Å². The normalized spacial score (nSPS) is 20.3. The molecular weight excluding hydrogens is 254 g/mol. The van der Waals surface area contributed by atoms with Crippen LogP contribution < -0.4 is 5.32 Å². The highest BCUT2D eigenvalue weighted by Crippen LogP contribution is 2.34. The van der Waals surface area contributed by atoms with Crippen molar-refractivity contribution >= 4 is 23.4 Å². The summed E-state index contributed by atoms with van der Waals surface area (Å²) < 4.78 is 5.17. The van der Waals surface area contributed by atoms with Gasteiger partial charge in [-0.3, -0.25) is 0 Å². The summed E-state index contributed by atoms with van der Waals surface area (Å²) in [5.74, 6) is 0. The van der Waals surface area contributed by atoms with Crippen LogP contribution in [-0.2, 0) is 11.3 Å². The molecule has 0 aromatic heterocycles. The van der Waals surface area contributed by atoms with Crippen LogP contribution in [0.5, 0.6) is 0 Å². The molecule has 1 N–H and O–H groups in total. The van der Waals surface area contributed by atoms with E-state index >= 15 is 0 Å². The van der Waals surface area contributed by atoms with Crippen molar-refractivity contribution in [1.29, 1.82) is 0 Å². The zero-order valence-electron chi connectivity index (χ0n) is 9.62. The van der Waals surface area contributed by atoms with Gasteiger partial charge < -0.3 is 10.1 Å². The van der Waals surface area contributed by atoms with Crippen LogP contribution in [0.25, 0.3) is 0 Å². The molecule has 0 atom stereocenters. The fraction of sp³-hybridized carbons (Fsp3) is 0.538. The van der Waals surface area contributed by atoms with Crippen molar-refractivity contribution in [2.45, 2.75) is 35.6 Å². The summed E-state index contributed by atoms with van der Waals surface area (Å²) >= 11 is 8.12. The second-order valence-corrected chi connectivity index (χ2v) is 6.45. The minimum atomic E-state index is 0.586. The molecule has 2 fully saturated rings. The lowest BCUT2D eigenvalue weighted by Gasteiger charge is -2.25. The lowest BCUT2D eigenvalue weighted by molar-refractivity contribution is 0.0455. The van der Waals surface area contributed by atoms with Crippen LogP contribution in [0.1, 0.15) is 18.4 Å². The monoisotopic (exact) mass is 269 g/mol. The molecule has 0 radical (unpaired) electrons. The van der Waals surface area contributed by atoms with Gasteiger partial charge in [0, 0.05) is 17.5 Å². The lowest BCUT2D eigenvalue weighted by atomic mass is 10.2. The summed E-state index contributed by atoms with van der Waals surface area (Å²) in [5.41, 5.74) is 1.27. The largest absolute Gasteiger partial charge is 0.379 e. The topological polar surface area (TPSA) is 21.3 Å². The highest BCUT2D eigenvalue weighted by Gasteiger charge is 2.21. The molecule has 3 rings (SSSR count). The Morgan fingerprint density at radius 1 is 1.35 bits per heavy atom. The molecule has 17 heavy (non-hydrogen) atoms. The Hall–Kier alpha value is -0.220. The second-order valence-electron chi connectivity index (χ2n) is 4.70. The van der Waals surface area contributed by atoms with Gasteiger partial charge in [-0.05, 0) is 30.5 Å². The molecule has 0 bridgehead atoms. The number of hydrogen-bond donors (Lipinski definition) is 1. The lowest BCUT2D eigenvalue weighted by Crippen LogP contribution is -2.30. The molecule has 2 nitrogen and oxygen atoms in total. The molecule has 1 aromatic rings. The predicted molar refractivity (Wildman–Crippen MR) is 71.8 cm³/mol. The minimum Gasteiger partial charge on any atom is -0.379 e. The third-order valence-electron chi connectivity index (χ3n) is 3.07. The molecule has 1 saturated carbocycles. The third-order valence-corrected chi connectivity index (χ3v) is 4.71. The summed E-state index contributed by atoms with van der Waals surface area (Å²) in [4.78, 5) is 1.18. The zero-order valence-corrected chi connectivity index (χ0v) is 11.2. The van der Waals surface area contributed by atoms with Gasteiger partial charge in [-0.1, -0.05) is 17.7 Å². The maximum Gasteiger partial charge on any atom is 0.0611 e. The van der Waals surface area contributed by atoms with Crippen LogP contribution in [0.4, 0.5) is 0 Å². The van der Waals surface area contributed by atoms with Crippen LogP contribution >= 0.6 is 23.4 Å². The number of hydrogen-bond acceptors (Lipinski definition) is 3. The third kappa shape index (κ3) is 3.16. The summed E-state index contributed by atoms with van der Waals surface area (Å²) in [5, 5.41) is 4.96. The van der Waals surface area contributed by atoms with Crippen molar-refractivity contribution in [2.24, 2.45) is 0 Å². The van der Waals surface area contributed by atoms with E-state index in [9.17, 15) is 0 Å². The van der Waals surface area contributed by atoms with E-state index in [2.05, 4.69) is 23.5 Å². The van der Waals surface area contributed by atoms with E-state index in [-0.39, 0.29) is 0 Å². The Labute approximate surface area is 111 Å². The molecular formula is C13H16ClNOS. The first-order chi connectivity index (χ1) is 8.31. The number of nitrogens with one attached hydrogen (secondary N) is 1. The smallest absolute Gasteiger partial charge is 0.0611 e. The quantitative estimate of drug-likeness (QED) is 0.888. The highest BCUT2D eigenvalue weighted by atomic mass is 35.5. The molecule has 0 spiro atoms. The van der Waals surface area contributed by atoms with Crippen molar-refractivity contribution in [3.8, 4) is 0 Å². The Morgan fingerprint density at radius 2 is 2.18 bits per heavy atom. The Kier molecular flexibility index (Phi) is 3.61. The number of rotatable bonds is 5. The van der Waals surface area contributed by atoms with Gasteiger partial charge in [0.25, 0.3) is 0 Å². The van der Waals surface area contributed by atoms with Crippen molar-refractivity contribution in [3.63, 3.8) is 0 Å². The maximum atomic E-state index is 6.30. The van der Waals surface area contributed by atoms with Crippen molar-refractivity contribution < 1.29 is 4.74 Å². The van der Waals surface area contributed by atoms with Crippen molar-refractivity contribution in [3.05, 3.63) is 28.8 Å². The molecule has 1 saturated heterocycles. The molecule has 0 unspecified atom stereocenters. The summed E-state index contributed by atoms with van der Waals surface area (Å²) in [6.07, 6.45) is 2.65. The molecule has 1 aromatic carbocycles. The van der Waals surface area contributed by atoms with Crippen LogP contribution in [0.2, 0.25) is 5.02 Å². The molecule has 92 valence electrons. The Balaban J connectivity index is 1.60. The predicted octanol–water partition coefficient (Wildman–Crippen LogP) is 3.08. The standard InChI is InChI=1S/C13H16ClNOS/c14-12-5-9(6-15-10-2-3-10)1-4-13(12)17-11-7-16-8-11/h1,4-5,10-11,15H,2-3,6-8H2. The highest BCUT2D eigenvalue weighted by molar-refractivity contribution is 8.00. The van der Waals surface area contributed by atoms with Gasteiger partial charge in [0.05, 0.1) is 23.5 Å². The summed E-state index contributed by atoms with van der Waals surface area (Å²) in [6, 6.07) is 7.13. The van der Waals surface area contributed by atoms with Gasteiger partial charge in [-0.25, -0.2) is 0 Å². The number of benzene rings is 1. The van der Waals surface area contributed by atoms with E-state index in [0.29, 0.717) is 5.25 Å². The molecule has 4 heteroatoms. The van der Waals surface area contributed by atoms with Crippen LogP contribution in [0.3, 0.4) is 0 Å². The maximum absolute atomic E-state index is 6.30. The molecule has 1 aliphatic heterocycles. The first-order valence-corrected chi connectivity index (χ1v) is 7.33. The molecule has 1 heterocycles. The van der Waals surface area contributed by atoms with Crippen molar-refractivity contribution in [2.75, 3.05) is 13.2 Å². The fourth-order valence-corrected chi connectivity index (χ4v) is 3.10. The van der Waals surface area contributed by atoms with Gasteiger partial charge in [-0.15, -0.1) is 11.8 Å². The average Bonchev–Trinajstić information content (AvgIpc) is 3.06. The van der Waals surface area contributed by atoms with E-state index in [1.807, 2.05) is 11.8 Å². The second kappa shape index (κ2) is 5.19. The van der Waals surface area contributed by atoms with E-state index in [4.69, 9.17) is 16.3 Å². The van der Waals surface area contributed by atoms with E-state index < -0.39 is 0 Å². The summed E-state index contributed by atoms with van der Waals surface area (Å²) in [6.45, 7) is 2.64. The van der Waals surface area contributed by atoms with Crippen LogP contribution in [-0.4, -0.2) is 24.5 Å². The van der Waals surface area contributed by atoms with Crippen LogP contribution in [0, 0.1) is 0 Å². The molecule has 0 amide bonds. The minimum absolute atomic E-state index is 0.586.